The minimum absolute atomic E-state index is 0.0131. The number of rotatable bonds is 5. The van der Waals surface area contributed by atoms with Crippen molar-refractivity contribution < 1.29 is 9.59 Å². The predicted octanol–water partition coefficient (Wildman–Crippen LogP) is 3.60. The zero-order chi connectivity index (χ0) is 20.0. The van der Waals surface area contributed by atoms with Crippen LogP contribution in [0, 0.1) is 11.3 Å². The minimum atomic E-state index is -0.358. The molecule has 27 heavy (non-hydrogen) atoms. The molecule has 0 saturated heterocycles. The zero-order valence-corrected chi connectivity index (χ0v) is 16.2. The third-order valence-corrected chi connectivity index (χ3v) is 4.01. The van der Waals surface area contributed by atoms with Crippen molar-refractivity contribution >= 4 is 11.8 Å². The molecular formula is C22H25N3O2. The van der Waals surface area contributed by atoms with Gasteiger partial charge in [-0.15, -0.1) is 0 Å². The largest absolute Gasteiger partial charge is 0.350 e. The van der Waals surface area contributed by atoms with Gasteiger partial charge in [0.1, 0.15) is 0 Å². The van der Waals surface area contributed by atoms with Crippen LogP contribution in [0.5, 0.6) is 0 Å². The number of carbonyl (C=O) groups excluding carboxylic acids is 2. The van der Waals surface area contributed by atoms with E-state index in [9.17, 15) is 14.9 Å². The quantitative estimate of drug-likeness (QED) is 0.882. The first-order valence-corrected chi connectivity index (χ1v) is 8.95. The summed E-state index contributed by atoms with van der Waals surface area (Å²) >= 11 is 0. The molecule has 2 aromatic rings. The summed E-state index contributed by atoms with van der Waals surface area (Å²) in [6.07, 6.45) is 0. The van der Waals surface area contributed by atoms with Crippen molar-refractivity contribution in [3.8, 4) is 17.2 Å². The van der Waals surface area contributed by atoms with Gasteiger partial charge in [-0.3, -0.25) is 9.59 Å². The first-order chi connectivity index (χ1) is 12.8. The number of hydrogen-bond acceptors (Lipinski definition) is 3. The smallest absolute Gasteiger partial charge is 0.254 e. The van der Waals surface area contributed by atoms with Crippen molar-refractivity contribution in [2.24, 2.45) is 0 Å². The molecule has 0 bridgehead atoms. The van der Waals surface area contributed by atoms with Crippen LogP contribution >= 0.6 is 0 Å². The molecule has 5 heteroatoms. The Morgan fingerprint density at radius 1 is 1.04 bits per heavy atom. The molecule has 0 aliphatic heterocycles. The van der Waals surface area contributed by atoms with Gasteiger partial charge in [-0.25, -0.2) is 0 Å². The molecule has 0 saturated carbocycles. The summed E-state index contributed by atoms with van der Waals surface area (Å²) < 4.78 is 0. The van der Waals surface area contributed by atoms with E-state index in [0.29, 0.717) is 28.8 Å². The van der Waals surface area contributed by atoms with Crippen LogP contribution in [-0.2, 0) is 4.79 Å². The highest BCUT2D eigenvalue weighted by atomic mass is 16.2. The zero-order valence-electron chi connectivity index (χ0n) is 16.2. The van der Waals surface area contributed by atoms with Crippen molar-refractivity contribution in [1.82, 2.24) is 10.2 Å². The Labute approximate surface area is 160 Å². The van der Waals surface area contributed by atoms with Crippen LogP contribution in [0.15, 0.2) is 48.5 Å². The van der Waals surface area contributed by atoms with Gasteiger partial charge < -0.3 is 10.2 Å². The van der Waals surface area contributed by atoms with Gasteiger partial charge in [-0.2, -0.15) is 5.26 Å². The van der Waals surface area contributed by atoms with E-state index in [1.165, 1.54) is 4.90 Å². The lowest BCUT2D eigenvalue weighted by Crippen LogP contribution is -2.47. The molecule has 2 aromatic carbocycles. The number of hydrogen-bond donors (Lipinski definition) is 1. The fourth-order valence-electron chi connectivity index (χ4n) is 2.85. The molecule has 0 fully saturated rings. The lowest BCUT2D eigenvalue weighted by atomic mass is 9.95. The first kappa shape index (κ1) is 20.2. The predicted molar refractivity (Wildman–Crippen MR) is 106 cm³/mol. The van der Waals surface area contributed by atoms with E-state index >= 15 is 0 Å². The molecule has 2 amide bonds. The number of amides is 2. The van der Waals surface area contributed by atoms with Crippen molar-refractivity contribution in [3.63, 3.8) is 0 Å². The Morgan fingerprint density at radius 2 is 1.63 bits per heavy atom. The van der Waals surface area contributed by atoms with Crippen LogP contribution < -0.4 is 5.32 Å². The first-order valence-electron chi connectivity index (χ1n) is 8.95. The van der Waals surface area contributed by atoms with Crippen LogP contribution in [0.3, 0.4) is 0 Å². The second-order valence-corrected chi connectivity index (χ2v) is 7.32. The van der Waals surface area contributed by atoms with Crippen LogP contribution in [0.2, 0.25) is 0 Å². The van der Waals surface area contributed by atoms with E-state index in [1.54, 1.807) is 24.3 Å². The van der Waals surface area contributed by atoms with Crippen LogP contribution in [0.1, 0.15) is 43.6 Å². The molecule has 0 atom stereocenters. The second kappa shape index (κ2) is 8.50. The Kier molecular flexibility index (Phi) is 6.36. The Bertz CT molecular complexity index is 876. The second-order valence-electron chi connectivity index (χ2n) is 7.32. The molecule has 0 aliphatic carbocycles. The highest BCUT2D eigenvalue weighted by Crippen LogP contribution is 2.27. The normalized spacial score (nSPS) is 10.8. The molecule has 140 valence electrons. The molecule has 0 heterocycles. The molecule has 1 N–H and O–H groups in total. The maximum absolute atomic E-state index is 13.1. The van der Waals surface area contributed by atoms with Gasteiger partial charge in [0.05, 0.1) is 18.2 Å². The van der Waals surface area contributed by atoms with Gasteiger partial charge >= 0.3 is 0 Å². The van der Waals surface area contributed by atoms with E-state index in [4.69, 9.17) is 0 Å². The van der Waals surface area contributed by atoms with E-state index in [0.717, 1.165) is 0 Å². The van der Waals surface area contributed by atoms with Crippen molar-refractivity contribution in [1.29, 1.82) is 5.26 Å². The number of nitriles is 1. The third kappa shape index (κ3) is 5.18. The third-order valence-electron chi connectivity index (χ3n) is 4.01. The molecule has 0 aliphatic rings. The highest BCUT2D eigenvalue weighted by molar-refractivity contribution is 6.02. The molecule has 0 radical (unpaired) electrons. The van der Waals surface area contributed by atoms with Gasteiger partial charge in [0.2, 0.25) is 5.91 Å². The monoisotopic (exact) mass is 363 g/mol. The number of nitrogens with one attached hydrogen (secondary N) is 1. The van der Waals surface area contributed by atoms with E-state index < -0.39 is 0 Å². The standard InChI is InChI=1S/C22H25N3O2/c1-5-25(15-20(26)24-22(2,3)4)21(27)19-13-9-8-12-18(19)17-11-7-6-10-16(17)14-23/h6-13H,5,15H2,1-4H3,(H,24,26). The summed E-state index contributed by atoms with van der Waals surface area (Å²) in [5.41, 5.74) is 2.02. The fourth-order valence-corrected chi connectivity index (χ4v) is 2.85. The van der Waals surface area contributed by atoms with Gasteiger partial charge in [0, 0.05) is 23.2 Å². The van der Waals surface area contributed by atoms with Crippen molar-refractivity contribution in [2.45, 2.75) is 33.2 Å². The average Bonchev–Trinajstić information content (AvgIpc) is 2.64. The van der Waals surface area contributed by atoms with Crippen molar-refractivity contribution in [3.05, 3.63) is 59.7 Å². The average molecular weight is 363 g/mol. The van der Waals surface area contributed by atoms with Crippen molar-refractivity contribution in [2.75, 3.05) is 13.1 Å². The molecule has 5 nitrogen and oxygen atoms in total. The van der Waals surface area contributed by atoms with E-state index in [2.05, 4.69) is 11.4 Å². The topological polar surface area (TPSA) is 73.2 Å². The molecule has 0 unspecified atom stereocenters. The fraction of sp³-hybridized carbons (Fsp3) is 0.318. The summed E-state index contributed by atoms with van der Waals surface area (Å²) in [6.45, 7) is 7.94. The molecular weight excluding hydrogens is 338 g/mol. The summed E-state index contributed by atoms with van der Waals surface area (Å²) in [5, 5.41) is 12.3. The lowest BCUT2D eigenvalue weighted by molar-refractivity contribution is -0.123. The number of carbonyl (C=O) groups is 2. The van der Waals surface area contributed by atoms with Crippen LogP contribution in [-0.4, -0.2) is 35.3 Å². The Morgan fingerprint density at radius 3 is 2.22 bits per heavy atom. The molecule has 0 spiro atoms. The van der Waals surface area contributed by atoms with E-state index in [1.807, 2.05) is 52.0 Å². The van der Waals surface area contributed by atoms with E-state index in [-0.39, 0.29) is 23.9 Å². The minimum Gasteiger partial charge on any atom is -0.350 e. The number of likely N-dealkylation sites (N-methyl/N-ethyl adjacent to an activating group) is 1. The Balaban J connectivity index is 2.36. The molecule has 2 rings (SSSR count). The maximum Gasteiger partial charge on any atom is 0.254 e. The highest BCUT2D eigenvalue weighted by Gasteiger charge is 2.23. The summed E-state index contributed by atoms with van der Waals surface area (Å²) in [4.78, 5) is 26.9. The summed E-state index contributed by atoms with van der Waals surface area (Å²) in [5.74, 6) is -0.433. The van der Waals surface area contributed by atoms with Crippen LogP contribution in [0.4, 0.5) is 0 Å². The van der Waals surface area contributed by atoms with Gasteiger partial charge in [-0.1, -0.05) is 36.4 Å². The molecule has 0 aromatic heterocycles. The van der Waals surface area contributed by atoms with Crippen LogP contribution in [0.25, 0.3) is 11.1 Å². The van der Waals surface area contributed by atoms with Gasteiger partial charge in [-0.05, 0) is 45.4 Å². The van der Waals surface area contributed by atoms with Gasteiger partial charge in [0.25, 0.3) is 5.91 Å². The summed E-state index contributed by atoms with van der Waals surface area (Å²) in [7, 11) is 0. The summed E-state index contributed by atoms with van der Waals surface area (Å²) in [6, 6.07) is 16.5. The van der Waals surface area contributed by atoms with Gasteiger partial charge in [0.15, 0.2) is 0 Å². The SMILES string of the molecule is CCN(CC(=O)NC(C)(C)C)C(=O)c1ccccc1-c1ccccc1C#N. The number of nitrogens with zero attached hydrogens (tertiary/aromatic N) is 2. The lowest BCUT2D eigenvalue weighted by Gasteiger charge is -2.25. The maximum atomic E-state index is 13.1. The Hall–Kier alpha value is -3.13. The number of benzene rings is 2.